The van der Waals surface area contributed by atoms with Gasteiger partial charge in [-0.3, -0.25) is 0 Å². The monoisotopic (exact) mass is 236 g/mol. The van der Waals surface area contributed by atoms with Crippen LogP contribution in [0.5, 0.6) is 0 Å². The quantitative estimate of drug-likeness (QED) is 0.837. The first-order valence-electron chi connectivity index (χ1n) is 5.86. The Kier molecular flexibility index (Phi) is 4.27. The third kappa shape index (κ3) is 3.00. The minimum Gasteiger partial charge on any atom is -0.326 e. The van der Waals surface area contributed by atoms with Gasteiger partial charge in [-0.05, 0) is 30.2 Å². The van der Waals surface area contributed by atoms with Crippen LogP contribution in [0.4, 0.5) is 0 Å². The van der Waals surface area contributed by atoms with Gasteiger partial charge in [0.1, 0.15) is 0 Å². The van der Waals surface area contributed by atoms with Crippen LogP contribution in [0.25, 0.3) is 0 Å². The number of thioether (sulfide) groups is 1. The number of hydrogen-bond donors (Lipinski definition) is 2. The molecule has 2 rings (SSSR count). The summed E-state index contributed by atoms with van der Waals surface area (Å²) in [6.45, 7) is 1.79. The van der Waals surface area contributed by atoms with Gasteiger partial charge in [-0.25, -0.2) is 0 Å². The molecule has 2 atom stereocenters. The lowest BCUT2D eigenvalue weighted by atomic mass is 10.0. The van der Waals surface area contributed by atoms with Crippen LogP contribution < -0.4 is 11.1 Å². The normalized spacial score (nSPS) is 24.9. The molecule has 1 aliphatic rings. The maximum atomic E-state index is 5.58. The van der Waals surface area contributed by atoms with Crippen molar-refractivity contribution in [3.8, 4) is 0 Å². The maximum Gasteiger partial charge on any atom is 0.0184 e. The Morgan fingerprint density at radius 2 is 2.00 bits per heavy atom. The molecule has 16 heavy (non-hydrogen) atoms. The highest BCUT2D eigenvalue weighted by Gasteiger charge is 2.22. The average molecular weight is 236 g/mol. The summed E-state index contributed by atoms with van der Waals surface area (Å²) in [4.78, 5) is 0. The Bertz CT molecular complexity index is 323. The Morgan fingerprint density at radius 3 is 2.56 bits per heavy atom. The molecule has 1 aromatic carbocycles. The van der Waals surface area contributed by atoms with E-state index < -0.39 is 0 Å². The van der Waals surface area contributed by atoms with Crippen LogP contribution in [-0.2, 0) is 13.0 Å². The summed E-state index contributed by atoms with van der Waals surface area (Å²) in [5.74, 6) is 0. The van der Waals surface area contributed by atoms with E-state index in [2.05, 4.69) is 35.8 Å². The summed E-state index contributed by atoms with van der Waals surface area (Å²) in [5.41, 5.74) is 8.21. The number of nitrogens with two attached hydrogens (primary N) is 1. The fourth-order valence-electron chi connectivity index (χ4n) is 2.21. The van der Waals surface area contributed by atoms with E-state index in [1.165, 1.54) is 17.5 Å². The predicted molar refractivity (Wildman–Crippen MR) is 71.7 cm³/mol. The lowest BCUT2D eigenvalue weighted by Crippen LogP contribution is -2.23. The van der Waals surface area contributed by atoms with Crippen molar-refractivity contribution in [1.82, 2.24) is 5.32 Å². The molecule has 0 spiro atoms. The van der Waals surface area contributed by atoms with Crippen LogP contribution in [0.2, 0.25) is 0 Å². The van der Waals surface area contributed by atoms with Crippen LogP contribution in [0.3, 0.4) is 0 Å². The van der Waals surface area contributed by atoms with Crippen LogP contribution in [0, 0.1) is 0 Å². The predicted octanol–water partition coefficient (Wildman–Crippen LogP) is 1.78. The molecule has 2 unspecified atom stereocenters. The molecule has 1 heterocycles. The third-order valence-corrected chi connectivity index (χ3v) is 4.28. The van der Waals surface area contributed by atoms with Gasteiger partial charge in [0, 0.05) is 24.4 Å². The SMILES string of the molecule is CSC1CNC(Cc2ccc(CN)cc2)C1. The topological polar surface area (TPSA) is 38.0 Å². The van der Waals surface area contributed by atoms with Crippen molar-refractivity contribution in [3.05, 3.63) is 35.4 Å². The van der Waals surface area contributed by atoms with Crippen LogP contribution >= 0.6 is 11.8 Å². The average Bonchev–Trinajstić information content (AvgIpc) is 2.78. The van der Waals surface area contributed by atoms with E-state index in [0.717, 1.165) is 18.2 Å². The number of rotatable bonds is 4. The first-order chi connectivity index (χ1) is 7.81. The van der Waals surface area contributed by atoms with E-state index in [0.29, 0.717) is 12.6 Å². The fourth-order valence-corrected chi connectivity index (χ4v) is 2.90. The van der Waals surface area contributed by atoms with Gasteiger partial charge in [0.25, 0.3) is 0 Å². The summed E-state index contributed by atoms with van der Waals surface area (Å²) < 4.78 is 0. The van der Waals surface area contributed by atoms with Gasteiger partial charge in [0.2, 0.25) is 0 Å². The lowest BCUT2D eigenvalue weighted by molar-refractivity contribution is 0.603. The van der Waals surface area contributed by atoms with Crippen molar-refractivity contribution in [3.63, 3.8) is 0 Å². The maximum absolute atomic E-state index is 5.58. The van der Waals surface area contributed by atoms with E-state index in [-0.39, 0.29) is 0 Å². The molecule has 88 valence electrons. The Balaban J connectivity index is 1.89. The summed E-state index contributed by atoms with van der Waals surface area (Å²) in [5, 5.41) is 4.39. The zero-order valence-corrected chi connectivity index (χ0v) is 10.6. The highest BCUT2D eigenvalue weighted by Crippen LogP contribution is 2.20. The standard InChI is InChI=1S/C13H20N2S/c1-16-13-7-12(15-9-13)6-10-2-4-11(8-14)5-3-10/h2-5,12-13,15H,6-9,14H2,1H3. The van der Waals surface area contributed by atoms with Crippen molar-refractivity contribution in [2.75, 3.05) is 12.8 Å². The molecular weight excluding hydrogens is 216 g/mol. The first kappa shape index (κ1) is 12.0. The van der Waals surface area contributed by atoms with Crippen molar-refractivity contribution in [2.45, 2.75) is 30.7 Å². The Morgan fingerprint density at radius 1 is 1.31 bits per heavy atom. The molecular formula is C13H20N2S. The summed E-state index contributed by atoms with van der Waals surface area (Å²) in [6, 6.07) is 9.33. The van der Waals surface area contributed by atoms with Gasteiger partial charge < -0.3 is 11.1 Å². The molecule has 1 aliphatic heterocycles. The highest BCUT2D eigenvalue weighted by molar-refractivity contribution is 7.99. The number of benzene rings is 1. The Labute approximate surface area is 102 Å². The van der Waals surface area contributed by atoms with E-state index in [9.17, 15) is 0 Å². The molecule has 1 saturated heterocycles. The lowest BCUT2D eigenvalue weighted by Gasteiger charge is -2.10. The van der Waals surface area contributed by atoms with Gasteiger partial charge in [0.05, 0.1) is 0 Å². The molecule has 0 aliphatic carbocycles. The molecule has 0 amide bonds. The largest absolute Gasteiger partial charge is 0.326 e. The Hall–Kier alpha value is -0.510. The van der Waals surface area contributed by atoms with E-state index in [1.807, 2.05) is 11.8 Å². The third-order valence-electron chi connectivity index (χ3n) is 3.26. The molecule has 0 radical (unpaired) electrons. The summed E-state index contributed by atoms with van der Waals surface area (Å²) in [6.07, 6.45) is 4.63. The second-order valence-corrected chi connectivity index (χ2v) is 5.56. The molecule has 0 bridgehead atoms. The van der Waals surface area contributed by atoms with Crippen molar-refractivity contribution in [1.29, 1.82) is 0 Å². The molecule has 0 aromatic heterocycles. The molecule has 0 saturated carbocycles. The number of nitrogens with one attached hydrogen (secondary N) is 1. The first-order valence-corrected chi connectivity index (χ1v) is 7.14. The number of hydrogen-bond acceptors (Lipinski definition) is 3. The second kappa shape index (κ2) is 5.71. The van der Waals surface area contributed by atoms with E-state index in [4.69, 9.17) is 5.73 Å². The van der Waals surface area contributed by atoms with Gasteiger partial charge in [-0.1, -0.05) is 24.3 Å². The van der Waals surface area contributed by atoms with E-state index >= 15 is 0 Å². The zero-order valence-electron chi connectivity index (χ0n) is 9.78. The van der Waals surface area contributed by atoms with Crippen molar-refractivity contribution < 1.29 is 0 Å². The molecule has 1 fully saturated rings. The van der Waals surface area contributed by atoms with Crippen LogP contribution in [0.1, 0.15) is 17.5 Å². The second-order valence-electron chi connectivity index (χ2n) is 4.42. The molecule has 3 N–H and O–H groups in total. The van der Waals surface area contributed by atoms with E-state index in [1.54, 1.807) is 0 Å². The van der Waals surface area contributed by atoms with Gasteiger partial charge >= 0.3 is 0 Å². The van der Waals surface area contributed by atoms with Crippen molar-refractivity contribution in [2.24, 2.45) is 5.73 Å². The highest BCUT2D eigenvalue weighted by atomic mass is 32.2. The molecule has 1 aromatic rings. The van der Waals surface area contributed by atoms with Crippen molar-refractivity contribution >= 4 is 11.8 Å². The molecule has 2 nitrogen and oxygen atoms in total. The van der Waals surface area contributed by atoms with Gasteiger partial charge in [-0.15, -0.1) is 0 Å². The smallest absolute Gasteiger partial charge is 0.0184 e. The van der Waals surface area contributed by atoms with Crippen LogP contribution in [-0.4, -0.2) is 24.1 Å². The summed E-state index contributed by atoms with van der Waals surface area (Å²) >= 11 is 1.97. The summed E-state index contributed by atoms with van der Waals surface area (Å²) in [7, 11) is 0. The minimum absolute atomic E-state index is 0.635. The zero-order chi connectivity index (χ0) is 11.4. The fraction of sp³-hybridized carbons (Fsp3) is 0.538. The van der Waals surface area contributed by atoms with Gasteiger partial charge in [-0.2, -0.15) is 11.8 Å². The minimum atomic E-state index is 0.635. The molecule has 3 heteroatoms. The van der Waals surface area contributed by atoms with Gasteiger partial charge in [0.15, 0.2) is 0 Å². The van der Waals surface area contributed by atoms with Crippen LogP contribution in [0.15, 0.2) is 24.3 Å².